The molecule has 1 heteroatoms. The molecular formula is C10H16O. The Morgan fingerprint density at radius 2 is 1.55 bits per heavy atom. The summed E-state index contributed by atoms with van der Waals surface area (Å²) in [5.74, 6) is 2.74. The van der Waals surface area contributed by atoms with Gasteiger partial charge in [-0.25, -0.2) is 0 Å². The van der Waals surface area contributed by atoms with Crippen molar-refractivity contribution in [1.29, 1.82) is 0 Å². The van der Waals surface area contributed by atoms with Crippen molar-refractivity contribution in [1.82, 2.24) is 0 Å². The van der Waals surface area contributed by atoms with Crippen LogP contribution in [0.4, 0.5) is 0 Å². The summed E-state index contributed by atoms with van der Waals surface area (Å²) in [4.78, 5) is 11.6. The number of ketones is 1. The second-order valence-electron chi connectivity index (χ2n) is 4.31. The minimum absolute atomic E-state index is 0.365. The van der Waals surface area contributed by atoms with Crippen molar-refractivity contribution in [2.24, 2.45) is 23.7 Å². The lowest BCUT2D eigenvalue weighted by molar-refractivity contribution is -0.130. The van der Waals surface area contributed by atoms with Gasteiger partial charge in [0.2, 0.25) is 0 Å². The van der Waals surface area contributed by atoms with E-state index >= 15 is 0 Å². The van der Waals surface area contributed by atoms with Crippen LogP contribution in [0, 0.1) is 23.7 Å². The molecular weight excluding hydrogens is 136 g/mol. The Morgan fingerprint density at radius 3 is 2.00 bits per heavy atom. The molecule has 0 heterocycles. The van der Waals surface area contributed by atoms with E-state index in [0.29, 0.717) is 17.6 Å². The van der Waals surface area contributed by atoms with Crippen LogP contribution in [-0.4, -0.2) is 5.78 Å². The number of hydrogen-bond acceptors (Lipinski definition) is 1. The molecule has 2 fully saturated rings. The first-order valence-corrected chi connectivity index (χ1v) is 4.74. The van der Waals surface area contributed by atoms with Gasteiger partial charge in [0.25, 0.3) is 0 Å². The summed E-state index contributed by atoms with van der Waals surface area (Å²) in [6.07, 6.45) is 3.94. The van der Waals surface area contributed by atoms with Crippen LogP contribution in [0.2, 0.25) is 0 Å². The predicted molar refractivity (Wildman–Crippen MR) is 44.2 cm³/mol. The largest absolute Gasteiger partial charge is 0.299 e. The van der Waals surface area contributed by atoms with Crippen molar-refractivity contribution in [2.45, 2.75) is 33.1 Å². The SMILES string of the molecule is C[C@@H]1C(=O)[C@H](C)[C@@H]2CC[C@H]1C2. The van der Waals surface area contributed by atoms with Crippen molar-refractivity contribution < 1.29 is 4.79 Å². The molecule has 4 atom stereocenters. The van der Waals surface area contributed by atoms with Crippen molar-refractivity contribution in [3.8, 4) is 0 Å². The van der Waals surface area contributed by atoms with Crippen molar-refractivity contribution in [3.05, 3.63) is 0 Å². The van der Waals surface area contributed by atoms with Crippen LogP contribution in [0.5, 0.6) is 0 Å². The molecule has 0 aliphatic heterocycles. The molecule has 11 heavy (non-hydrogen) atoms. The van der Waals surface area contributed by atoms with Gasteiger partial charge >= 0.3 is 0 Å². The van der Waals surface area contributed by atoms with Crippen LogP contribution in [0.15, 0.2) is 0 Å². The molecule has 2 aliphatic carbocycles. The molecule has 0 saturated heterocycles. The summed E-state index contributed by atoms with van der Waals surface area (Å²) in [6.45, 7) is 4.23. The minimum atomic E-state index is 0.365. The molecule has 0 radical (unpaired) electrons. The zero-order valence-corrected chi connectivity index (χ0v) is 7.34. The smallest absolute Gasteiger partial charge is 0.139 e. The van der Waals surface area contributed by atoms with Gasteiger partial charge in [0.1, 0.15) is 5.78 Å². The molecule has 0 aromatic rings. The first-order chi connectivity index (χ1) is 5.20. The Balaban J connectivity index is 2.23. The van der Waals surface area contributed by atoms with Crippen LogP contribution in [0.3, 0.4) is 0 Å². The lowest BCUT2D eigenvalue weighted by Crippen LogP contribution is -2.32. The van der Waals surface area contributed by atoms with E-state index in [1.807, 2.05) is 0 Å². The Labute approximate surface area is 68.2 Å². The Bertz CT molecular complexity index is 167. The predicted octanol–water partition coefficient (Wildman–Crippen LogP) is 2.26. The summed E-state index contributed by atoms with van der Waals surface area (Å²) in [7, 11) is 0. The fraction of sp³-hybridized carbons (Fsp3) is 0.900. The van der Waals surface area contributed by atoms with Crippen LogP contribution in [0.25, 0.3) is 0 Å². The normalized spacial score (nSPS) is 49.8. The second-order valence-corrected chi connectivity index (χ2v) is 4.31. The average Bonchev–Trinajstić information content (AvgIpc) is 2.44. The molecule has 2 aliphatic rings. The minimum Gasteiger partial charge on any atom is -0.299 e. The maximum Gasteiger partial charge on any atom is 0.139 e. The van der Waals surface area contributed by atoms with Crippen molar-refractivity contribution >= 4 is 5.78 Å². The molecule has 1 nitrogen and oxygen atoms in total. The number of rotatable bonds is 0. The van der Waals surface area contributed by atoms with Crippen LogP contribution < -0.4 is 0 Å². The molecule has 0 aromatic heterocycles. The van der Waals surface area contributed by atoms with E-state index in [0.717, 1.165) is 11.8 Å². The van der Waals surface area contributed by atoms with Gasteiger partial charge in [-0.1, -0.05) is 13.8 Å². The quantitative estimate of drug-likeness (QED) is 0.520. The third kappa shape index (κ3) is 0.935. The van der Waals surface area contributed by atoms with Crippen LogP contribution in [0.1, 0.15) is 33.1 Å². The van der Waals surface area contributed by atoms with Gasteiger partial charge < -0.3 is 0 Å². The first kappa shape index (κ1) is 7.33. The first-order valence-electron chi connectivity index (χ1n) is 4.74. The summed E-state index contributed by atoms with van der Waals surface area (Å²) in [6, 6.07) is 0. The third-order valence-corrected chi connectivity index (χ3v) is 3.83. The lowest BCUT2D eigenvalue weighted by atomic mass is 9.74. The summed E-state index contributed by atoms with van der Waals surface area (Å²) < 4.78 is 0. The molecule has 2 saturated carbocycles. The molecule has 0 aromatic carbocycles. The van der Waals surface area contributed by atoms with Gasteiger partial charge in [0.05, 0.1) is 0 Å². The number of carbonyl (C=O) groups excluding carboxylic acids is 1. The zero-order chi connectivity index (χ0) is 8.01. The molecule has 0 amide bonds. The summed E-state index contributed by atoms with van der Waals surface area (Å²) in [5.41, 5.74) is 0. The van der Waals surface area contributed by atoms with Crippen LogP contribution >= 0.6 is 0 Å². The lowest BCUT2D eigenvalue weighted by Gasteiger charge is -2.29. The van der Waals surface area contributed by atoms with Gasteiger partial charge in [-0.2, -0.15) is 0 Å². The van der Waals surface area contributed by atoms with E-state index in [-0.39, 0.29) is 0 Å². The third-order valence-electron chi connectivity index (χ3n) is 3.83. The maximum absolute atomic E-state index is 11.6. The second kappa shape index (κ2) is 2.33. The number of hydrogen-bond donors (Lipinski definition) is 0. The molecule has 2 rings (SSSR count). The van der Waals surface area contributed by atoms with Crippen molar-refractivity contribution in [3.63, 3.8) is 0 Å². The standard InChI is InChI=1S/C10H16O/c1-6-8-3-4-9(5-8)7(2)10(6)11/h6-9H,3-5H2,1-2H3/t6-,7+,8-,9+. The summed E-state index contributed by atoms with van der Waals surface area (Å²) in [5, 5.41) is 0. The number of Topliss-reactive ketones (excluding diaryl/α,β-unsaturated/α-hetero) is 1. The van der Waals surface area contributed by atoms with Gasteiger partial charge in [0.15, 0.2) is 0 Å². The van der Waals surface area contributed by atoms with Crippen LogP contribution in [-0.2, 0) is 4.79 Å². The van der Waals surface area contributed by atoms with Gasteiger partial charge in [0, 0.05) is 11.8 Å². The molecule has 0 N–H and O–H groups in total. The topological polar surface area (TPSA) is 17.1 Å². The van der Waals surface area contributed by atoms with Gasteiger partial charge in [-0.05, 0) is 31.1 Å². The van der Waals surface area contributed by atoms with E-state index in [1.165, 1.54) is 19.3 Å². The fourth-order valence-electron chi connectivity index (χ4n) is 2.84. The van der Waals surface area contributed by atoms with E-state index in [2.05, 4.69) is 13.8 Å². The van der Waals surface area contributed by atoms with E-state index in [4.69, 9.17) is 0 Å². The Hall–Kier alpha value is -0.330. The maximum atomic E-state index is 11.6. The number of fused-ring (bicyclic) bond motifs is 2. The monoisotopic (exact) mass is 152 g/mol. The van der Waals surface area contributed by atoms with E-state index in [9.17, 15) is 4.79 Å². The highest BCUT2D eigenvalue weighted by Crippen LogP contribution is 2.46. The average molecular weight is 152 g/mol. The fourth-order valence-corrected chi connectivity index (χ4v) is 2.84. The highest BCUT2D eigenvalue weighted by molar-refractivity contribution is 5.84. The highest BCUT2D eigenvalue weighted by atomic mass is 16.1. The Kier molecular flexibility index (Phi) is 1.55. The molecule has 2 bridgehead atoms. The van der Waals surface area contributed by atoms with Crippen molar-refractivity contribution in [2.75, 3.05) is 0 Å². The summed E-state index contributed by atoms with van der Waals surface area (Å²) >= 11 is 0. The van der Waals surface area contributed by atoms with Gasteiger partial charge in [-0.3, -0.25) is 4.79 Å². The van der Waals surface area contributed by atoms with E-state index in [1.54, 1.807) is 0 Å². The molecule has 0 spiro atoms. The van der Waals surface area contributed by atoms with Gasteiger partial charge in [-0.15, -0.1) is 0 Å². The highest BCUT2D eigenvalue weighted by Gasteiger charge is 2.43. The zero-order valence-electron chi connectivity index (χ0n) is 7.34. The molecule has 62 valence electrons. The number of carbonyl (C=O) groups is 1. The Morgan fingerprint density at radius 1 is 1.09 bits per heavy atom. The van der Waals surface area contributed by atoms with E-state index < -0.39 is 0 Å². The molecule has 0 unspecified atom stereocenters.